The molecule has 0 atom stereocenters. The van der Waals surface area contributed by atoms with Gasteiger partial charge in [0.05, 0.1) is 41.0 Å². The minimum atomic E-state index is -0.433. The van der Waals surface area contributed by atoms with Gasteiger partial charge in [0.15, 0.2) is 4.80 Å². The Labute approximate surface area is 225 Å². The maximum Gasteiger partial charge on any atom is 0.341 e. The van der Waals surface area contributed by atoms with E-state index in [1.54, 1.807) is 13.2 Å². The molecule has 0 saturated heterocycles. The SMILES string of the molecule is COCCn1c(=NC(=O)CSCC(=O)Nc2sc3c(c2C(=O)OC)CCCC3)sc2cc(Cl)ccc21. The van der Waals surface area contributed by atoms with E-state index in [0.717, 1.165) is 46.3 Å². The number of nitrogens with zero attached hydrogens (tertiary/aromatic N) is 2. The van der Waals surface area contributed by atoms with Gasteiger partial charge in [0.1, 0.15) is 5.00 Å². The Morgan fingerprint density at radius 2 is 1.97 bits per heavy atom. The van der Waals surface area contributed by atoms with Gasteiger partial charge >= 0.3 is 5.97 Å². The Kier molecular flexibility index (Phi) is 9.24. The molecule has 1 aliphatic carbocycles. The van der Waals surface area contributed by atoms with Crippen LogP contribution in [0.5, 0.6) is 0 Å². The van der Waals surface area contributed by atoms with Crippen molar-refractivity contribution in [3.63, 3.8) is 0 Å². The van der Waals surface area contributed by atoms with E-state index in [2.05, 4.69) is 10.3 Å². The van der Waals surface area contributed by atoms with Crippen LogP contribution in [-0.2, 0) is 38.4 Å². The van der Waals surface area contributed by atoms with Crippen LogP contribution < -0.4 is 10.1 Å². The van der Waals surface area contributed by atoms with Crippen LogP contribution in [0.4, 0.5) is 5.00 Å². The van der Waals surface area contributed by atoms with Gasteiger partial charge in [-0.05, 0) is 49.4 Å². The van der Waals surface area contributed by atoms with Crippen molar-refractivity contribution in [2.24, 2.45) is 4.99 Å². The molecule has 0 saturated carbocycles. The molecule has 0 spiro atoms. The number of halogens is 1. The summed E-state index contributed by atoms with van der Waals surface area (Å²) < 4.78 is 13.0. The smallest absolute Gasteiger partial charge is 0.341 e. The van der Waals surface area contributed by atoms with E-state index in [4.69, 9.17) is 21.1 Å². The molecule has 4 rings (SSSR count). The third-order valence-corrected chi connectivity index (χ3v) is 9.06. The number of carbonyl (C=O) groups excluding carboxylic acids is 3. The standard InChI is InChI=1S/C24H26ClN3O5S3/c1-32-10-9-28-16-8-7-14(25)11-18(16)36-24(28)27-20(30)13-34-12-19(29)26-22-21(23(31)33-2)15-5-3-4-6-17(15)35-22/h7-8,11H,3-6,9-10,12-13H2,1-2H3,(H,26,29). The maximum absolute atomic E-state index is 12.6. The Hall–Kier alpha value is -2.18. The molecule has 0 unspecified atom stereocenters. The summed E-state index contributed by atoms with van der Waals surface area (Å²) >= 11 is 10.1. The number of benzene rings is 1. The summed E-state index contributed by atoms with van der Waals surface area (Å²) in [4.78, 5) is 43.5. The van der Waals surface area contributed by atoms with Crippen LogP contribution in [0, 0.1) is 0 Å². The van der Waals surface area contributed by atoms with Crippen LogP contribution in [0.25, 0.3) is 10.2 Å². The van der Waals surface area contributed by atoms with E-state index < -0.39 is 5.97 Å². The Morgan fingerprint density at radius 3 is 2.75 bits per heavy atom. The van der Waals surface area contributed by atoms with Crippen LogP contribution >= 0.6 is 46.0 Å². The average Bonchev–Trinajstić information content (AvgIpc) is 3.38. The molecule has 2 aromatic heterocycles. The van der Waals surface area contributed by atoms with Crippen LogP contribution in [0.15, 0.2) is 23.2 Å². The largest absolute Gasteiger partial charge is 0.465 e. The number of rotatable bonds is 9. The predicted octanol–water partition coefficient (Wildman–Crippen LogP) is 4.53. The van der Waals surface area contributed by atoms with Gasteiger partial charge < -0.3 is 19.4 Å². The third-order valence-electron chi connectivity index (χ3n) is 5.66. The Balaban J connectivity index is 1.41. The van der Waals surface area contributed by atoms with E-state index in [-0.39, 0.29) is 23.3 Å². The predicted molar refractivity (Wildman–Crippen MR) is 146 cm³/mol. The number of nitrogens with one attached hydrogen (secondary N) is 1. The molecule has 192 valence electrons. The monoisotopic (exact) mass is 567 g/mol. The zero-order valence-corrected chi connectivity index (χ0v) is 23.1. The molecule has 1 N–H and O–H groups in total. The first-order chi connectivity index (χ1) is 17.4. The molecule has 2 heterocycles. The number of thioether (sulfide) groups is 1. The molecule has 2 amide bonds. The minimum absolute atomic E-state index is 0.0531. The number of ether oxygens (including phenoxy) is 2. The lowest BCUT2D eigenvalue weighted by atomic mass is 9.95. The van der Waals surface area contributed by atoms with E-state index in [1.165, 1.54) is 41.5 Å². The second kappa shape index (κ2) is 12.4. The van der Waals surface area contributed by atoms with E-state index >= 15 is 0 Å². The number of fused-ring (bicyclic) bond motifs is 2. The number of aromatic nitrogens is 1. The molecule has 0 bridgehead atoms. The number of thiazole rings is 1. The minimum Gasteiger partial charge on any atom is -0.465 e. The van der Waals surface area contributed by atoms with Gasteiger partial charge in [-0.3, -0.25) is 9.59 Å². The highest BCUT2D eigenvalue weighted by molar-refractivity contribution is 8.00. The van der Waals surface area contributed by atoms with Crippen LogP contribution in [0.3, 0.4) is 0 Å². The fourth-order valence-electron chi connectivity index (χ4n) is 4.04. The van der Waals surface area contributed by atoms with Crippen molar-refractivity contribution in [2.75, 3.05) is 37.6 Å². The highest BCUT2D eigenvalue weighted by Crippen LogP contribution is 2.38. The van der Waals surface area contributed by atoms with Crippen LogP contribution in [0.2, 0.25) is 5.02 Å². The van der Waals surface area contributed by atoms with Crippen molar-refractivity contribution in [1.29, 1.82) is 0 Å². The van der Waals surface area contributed by atoms with Gasteiger partial charge in [0.25, 0.3) is 5.91 Å². The molecular weight excluding hydrogens is 542 g/mol. The topological polar surface area (TPSA) is 99.0 Å². The molecular formula is C24H26ClN3O5S3. The van der Waals surface area contributed by atoms with Gasteiger partial charge in [-0.15, -0.1) is 23.1 Å². The molecule has 1 aliphatic rings. The summed E-state index contributed by atoms with van der Waals surface area (Å²) in [6, 6.07) is 5.55. The first kappa shape index (κ1) is 26.9. The summed E-state index contributed by atoms with van der Waals surface area (Å²) in [5, 5.41) is 3.99. The highest BCUT2D eigenvalue weighted by Gasteiger charge is 2.26. The number of carbonyl (C=O) groups is 3. The van der Waals surface area contributed by atoms with Crippen LogP contribution in [-0.4, -0.2) is 54.7 Å². The summed E-state index contributed by atoms with van der Waals surface area (Å²) in [6.45, 7) is 1.03. The van der Waals surface area contributed by atoms with E-state index in [1.807, 2.05) is 16.7 Å². The second-order valence-corrected chi connectivity index (χ2v) is 11.6. The Bertz CT molecular complexity index is 1360. The molecule has 12 heteroatoms. The highest BCUT2D eigenvalue weighted by atomic mass is 35.5. The van der Waals surface area contributed by atoms with E-state index in [0.29, 0.717) is 33.5 Å². The summed E-state index contributed by atoms with van der Waals surface area (Å²) in [5.74, 6) is -0.924. The van der Waals surface area contributed by atoms with Gasteiger partial charge in [-0.1, -0.05) is 22.9 Å². The average molecular weight is 568 g/mol. The fraction of sp³-hybridized carbons (Fsp3) is 0.417. The molecule has 8 nitrogen and oxygen atoms in total. The number of methoxy groups -OCH3 is 2. The van der Waals surface area contributed by atoms with Gasteiger partial charge in [-0.25, -0.2) is 4.79 Å². The Morgan fingerprint density at radius 1 is 1.17 bits per heavy atom. The van der Waals surface area contributed by atoms with Crippen molar-refractivity contribution >= 4 is 79.0 Å². The molecule has 36 heavy (non-hydrogen) atoms. The fourth-order valence-corrected chi connectivity index (χ4v) is 7.28. The summed E-state index contributed by atoms with van der Waals surface area (Å²) in [6.07, 6.45) is 3.80. The molecule has 3 aromatic rings. The molecule has 0 fully saturated rings. The van der Waals surface area contributed by atoms with Gasteiger partial charge in [-0.2, -0.15) is 4.99 Å². The normalized spacial score (nSPS) is 13.6. The summed E-state index contributed by atoms with van der Waals surface area (Å²) in [5.41, 5.74) is 2.38. The zero-order chi connectivity index (χ0) is 25.7. The zero-order valence-electron chi connectivity index (χ0n) is 19.9. The summed E-state index contributed by atoms with van der Waals surface area (Å²) in [7, 11) is 2.96. The first-order valence-electron chi connectivity index (χ1n) is 11.4. The molecule has 1 aromatic carbocycles. The van der Waals surface area contributed by atoms with Crippen molar-refractivity contribution in [2.45, 2.75) is 32.2 Å². The number of anilines is 1. The van der Waals surface area contributed by atoms with Crippen molar-refractivity contribution < 1.29 is 23.9 Å². The van der Waals surface area contributed by atoms with Crippen molar-refractivity contribution in [1.82, 2.24) is 4.57 Å². The van der Waals surface area contributed by atoms with Crippen molar-refractivity contribution in [3.8, 4) is 0 Å². The lowest BCUT2D eigenvalue weighted by Gasteiger charge is -2.11. The second-order valence-electron chi connectivity index (χ2n) is 8.09. The lowest BCUT2D eigenvalue weighted by Crippen LogP contribution is -2.20. The maximum atomic E-state index is 12.6. The number of esters is 1. The number of hydrogen-bond donors (Lipinski definition) is 1. The number of hydrogen-bond acceptors (Lipinski definition) is 8. The van der Waals surface area contributed by atoms with Gasteiger partial charge in [0, 0.05) is 23.6 Å². The first-order valence-corrected chi connectivity index (χ1v) is 14.5. The molecule has 0 radical (unpaired) electrons. The number of thiophene rings is 1. The van der Waals surface area contributed by atoms with E-state index in [9.17, 15) is 14.4 Å². The number of amides is 2. The van der Waals surface area contributed by atoms with Crippen LogP contribution in [0.1, 0.15) is 33.6 Å². The van der Waals surface area contributed by atoms with Gasteiger partial charge in [0.2, 0.25) is 5.91 Å². The number of aryl methyl sites for hydroxylation is 1. The quantitative estimate of drug-likeness (QED) is 0.381. The third kappa shape index (κ3) is 6.20. The van der Waals surface area contributed by atoms with Crippen molar-refractivity contribution in [3.05, 3.63) is 44.0 Å². The lowest BCUT2D eigenvalue weighted by molar-refractivity contribution is -0.115. The molecule has 0 aliphatic heterocycles.